The number of aliphatic hydroxyl groups excluding tert-OH is 3. The van der Waals surface area contributed by atoms with E-state index in [1.165, 1.54) is 81.6 Å². The van der Waals surface area contributed by atoms with E-state index < -0.39 is 0 Å². The smallest absolute Gasteiger partial charge is 0.162 e. The Kier molecular flexibility index (Phi) is 42.7. The molecule has 3 N–H and O–H groups in total. The number of aromatic nitrogens is 3. The summed E-state index contributed by atoms with van der Waals surface area (Å²) in [5.74, 6) is 2.67. The van der Waals surface area contributed by atoms with Crippen molar-refractivity contribution in [3.8, 4) is 33.8 Å². The number of aryl methyl sites for hydroxylation is 6. The minimum absolute atomic E-state index is 0. The summed E-state index contributed by atoms with van der Waals surface area (Å²) >= 11 is 0. The number of fused-ring (bicyclic) bond motifs is 3. The van der Waals surface area contributed by atoms with Crippen LogP contribution in [0.4, 0.5) is 0 Å². The van der Waals surface area contributed by atoms with Gasteiger partial charge in [0, 0.05) is 102 Å². The fourth-order valence-electron chi connectivity index (χ4n) is 11.4. The molecular formula is C90H114Ir3N3O6-3. The molecule has 3 radical (unpaired) electrons. The maximum atomic E-state index is 11.7. The van der Waals surface area contributed by atoms with E-state index in [0.717, 1.165) is 112 Å². The van der Waals surface area contributed by atoms with Gasteiger partial charge in [-0.25, -0.2) is 0 Å². The summed E-state index contributed by atoms with van der Waals surface area (Å²) in [7, 11) is 0. The first-order valence-electron chi connectivity index (χ1n) is 35.7. The summed E-state index contributed by atoms with van der Waals surface area (Å²) in [6, 6.07) is 55.7. The normalized spacial score (nSPS) is 11.3. The zero-order chi connectivity index (χ0) is 73.8. The van der Waals surface area contributed by atoms with Crippen molar-refractivity contribution < 1.29 is 90.0 Å². The Morgan fingerprint density at radius 3 is 0.922 bits per heavy atom. The van der Waals surface area contributed by atoms with Crippen molar-refractivity contribution >= 4 is 50.1 Å². The van der Waals surface area contributed by atoms with Gasteiger partial charge in [-0.05, 0) is 163 Å². The molecule has 102 heavy (non-hydrogen) atoms. The molecule has 0 atom stereocenters. The molecule has 12 heteroatoms. The van der Waals surface area contributed by atoms with Crippen LogP contribution in [0.25, 0.3) is 66.5 Å². The minimum atomic E-state index is -0.125. The summed E-state index contributed by atoms with van der Waals surface area (Å²) < 4.78 is 0. The second-order valence-electron chi connectivity index (χ2n) is 28.4. The van der Waals surface area contributed by atoms with Gasteiger partial charge in [0.15, 0.2) is 17.3 Å². The van der Waals surface area contributed by atoms with E-state index >= 15 is 0 Å². The number of carbonyl (C=O) groups is 3. The van der Waals surface area contributed by atoms with Crippen LogP contribution in [0, 0.1) is 101 Å². The van der Waals surface area contributed by atoms with Crippen LogP contribution in [-0.4, -0.2) is 47.6 Å². The maximum absolute atomic E-state index is 11.7. The second-order valence-corrected chi connectivity index (χ2v) is 28.4. The Labute approximate surface area is 653 Å². The number of rotatable bonds is 20. The SMILES string of the molecule is CC(=O)C=C(C)O.CC(C)C(=O)C=C(O)C(C)C.CCC(CC)C(=O)C=C(O)C(CC)CC.Cc1[c-]c(-c2ccc3cc(CC(C)C)ccc3n2)cc(C)c1.Cc1[c-]c(-c2ccc3cc(CC(C)C)ccc3n2)cc(C)c1.Cc1[c-]c(-c2ccc3cc(CC(C)C)ccc3n2)cc(C)c1.[Ir].[Ir].[Ir]. The van der Waals surface area contributed by atoms with Crippen molar-refractivity contribution in [3.63, 3.8) is 0 Å². The molecule has 0 fully saturated rings. The number of pyridine rings is 3. The van der Waals surface area contributed by atoms with Crippen molar-refractivity contribution in [1.82, 2.24) is 15.0 Å². The third-order valence-corrected chi connectivity index (χ3v) is 16.4. The van der Waals surface area contributed by atoms with Gasteiger partial charge in [0.05, 0.1) is 33.8 Å². The molecule has 0 saturated carbocycles. The van der Waals surface area contributed by atoms with Crippen LogP contribution in [0.5, 0.6) is 0 Å². The van der Waals surface area contributed by atoms with Crippen molar-refractivity contribution in [2.45, 2.75) is 197 Å². The fourth-order valence-corrected chi connectivity index (χ4v) is 11.4. The van der Waals surface area contributed by atoms with Gasteiger partial charge in [0.1, 0.15) is 0 Å². The number of hydrogen-bond donors (Lipinski definition) is 3. The number of nitrogens with zero attached hydrogens (tertiary/aromatic N) is 3. The number of benzene rings is 6. The summed E-state index contributed by atoms with van der Waals surface area (Å²) in [5, 5.41) is 31.0. The molecular weight excluding hydrogens is 1800 g/mol. The Balaban J connectivity index is 0.000000629. The summed E-state index contributed by atoms with van der Waals surface area (Å²) in [4.78, 5) is 47.2. The molecule has 0 spiro atoms. The predicted octanol–water partition coefficient (Wildman–Crippen LogP) is 23.8. The average Bonchev–Trinajstić information content (AvgIpc) is 0.819. The molecule has 9 aromatic rings. The van der Waals surface area contributed by atoms with Crippen LogP contribution >= 0.6 is 0 Å². The van der Waals surface area contributed by atoms with Gasteiger partial charge >= 0.3 is 0 Å². The molecule has 6 aromatic carbocycles. The molecule has 3 aromatic heterocycles. The van der Waals surface area contributed by atoms with Gasteiger partial charge in [-0.15, -0.1) is 105 Å². The van der Waals surface area contributed by atoms with Gasteiger partial charge < -0.3 is 15.3 Å². The molecule has 0 aliphatic rings. The van der Waals surface area contributed by atoms with E-state index in [4.69, 9.17) is 20.1 Å². The van der Waals surface area contributed by atoms with Gasteiger partial charge in [-0.2, -0.15) is 0 Å². The molecule has 555 valence electrons. The van der Waals surface area contributed by atoms with E-state index in [9.17, 15) is 24.6 Å². The first-order chi connectivity index (χ1) is 46.7. The van der Waals surface area contributed by atoms with Crippen molar-refractivity contribution in [3.05, 3.63) is 231 Å². The predicted molar refractivity (Wildman–Crippen MR) is 418 cm³/mol. The van der Waals surface area contributed by atoms with Crippen LogP contribution in [0.3, 0.4) is 0 Å². The maximum Gasteiger partial charge on any atom is 0.162 e. The average molecular weight is 1910 g/mol. The van der Waals surface area contributed by atoms with Gasteiger partial charge in [-0.3, -0.25) is 29.3 Å². The van der Waals surface area contributed by atoms with E-state index in [0.29, 0.717) is 17.8 Å². The van der Waals surface area contributed by atoms with Crippen LogP contribution in [0.15, 0.2) is 163 Å². The summed E-state index contributed by atoms with van der Waals surface area (Å²) in [6.45, 7) is 44.3. The van der Waals surface area contributed by atoms with E-state index in [1.54, 1.807) is 0 Å². The van der Waals surface area contributed by atoms with Gasteiger partial charge in [0.2, 0.25) is 0 Å². The standard InChI is InChI=1S/3C21H22N.C13H24O2.C9H16O2.C5H8O2.3Ir/c3*1-14(2)9-17-5-7-20-18(13-17)6-8-21(22-20)19-11-15(3)10-16(4)12-19;1-5-10(6-2)12(14)9-13(15)11(7-3)8-4;1-6(2)8(10)5-9(11)7(3)4;1-4(6)3-5(2)7;;;/h3*5-8,10-11,13-14H,9H2,1-4H3;9-11,14H,5-8H2,1-4H3;5-7,10H,1-4H3;3,6H,1-2H3;;;/q3*-1;;;;;;. The first kappa shape index (κ1) is 93.1. The minimum Gasteiger partial charge on any atom is -0.512 e. The quantitative estimate of drug-likeness (QED) is 0.0385. The van der Waals surface area contributed by atoms with Gasteiger partial charge in [0.25, 0.3) is 0 Å². The topological polar surface area (TPSA) is 151 Å². The van der Waals surface area contributed by atoms with Gasteiger partial charge in [-0.1, -0.05) is 193 Å². The Morgan fingerprint density at radius 1 is 0.382 bits per heavy atom. The Morgan fingerprint density at radius 2 is 0.686 bits per heavy atom. The number of carbonyl (C=O) groups excluding carboxylic acids is 3. The van der Waals surface area contributed by atoms with Crippen molar-refractivity contribution in [2.75, 3.05) is 0 Å². The zero-order valence-corrected chi connectivity index (χ0v) is 71.9. The third kappa shape index (κ3) is 32.8. The van der Waals surface area contributed by atoms with Crippen LogP contribution < -0.4 is 0 Å². The molecule has 0 amide bonds. The largest absolute Gasteiger partial charge is 0.512 e. The molecule has 9 rings (SSSR count). The van der Waals surface area contributed by atoms with E-state index in [-0.39, 0.29) is 119 Å². The van der Waals surface area contributed by atoms with Crippen LogP contribution in [0.2, 0.25) is 0 Å². The molecule has 0 bridgehead atoms. The number of ketones is 3. The van der Waals surface area contributed by atoms with Crippen molar-refractivity contribution in [1.29, 1.82) is 0 Å². The monoisotopic (exact) mass is 1910 g/mol. The van der Waals surface area contributed by atoms with Crippen molar-refractivity contribution in [2.24, 2.45) is 41.4 Å². The van der Waals surface area contributed by atoms with E-state index in [2.05, 4.69) is 229 Å². The number of aliphatic hydroxyl groups is 3. The second kappa shape index (κ2) is 46.8. The Bertz CT molecular complexity index is 3810. The molecule has 0 aliphatic carbocycles. The third-order valence-electron chi connectivity index (χ3n) is 16.4. The van der Waals surface area contributed by atoms with Crippen LogP contribution in [-0.2, 0) is 94.0 Å². The Hall–Kier alpha value is -6.87. The first-order valence-corrected chi connectivity index (χ1v) is 35.7. The number of allylic oxidation sites excluding steroid dienone is 6. The zero-order valence-electron chi connectivity index (χ0n) is 64.8. The molecule has 9 nitrogen and oxygen atoms in total. The molecule has 0 saturated heterocycles. The summed E-state index contributed by atoms with van der Waals surface area (Å²) in [6.07, 6.45) is 10.7. The fraction of sp³-hybridized carbons (Fsp3) is 0.400. The van der Waals surface area contributed by atoms with E-state index in [1.807, 2.05) is 55.4 Å². The molecule has 0 unspecified atom stereocenters. The molecule has 0 aliphatic heterocycles. The number of hydrogen-bond acceptors (Lipinski definition) is 9. The molecule has 3 heterocycles. The van der Waals surface area contributed by atoms with Crippen LogP contribution in [0.1, 0.15) is 187 Å². The summed E-state index contributed by atoms with van der Waals surface area (Å²) in [5.41, 5.74) is 20.7.